The predicted molar refractivity (Wildman–Crippen MR) is 35.8 cm³/mol. The number of hydrogen-bond donors (Lipinski definition) is 1. The van der Waals surface area contributed by atoms with Gasteiger partial charge in [0, 0.05) is 5.56 Å². The van der Waals surface area contributed by atoms with E-state index in [9.17, 15) is 4.79 Å². The number of aliphatic hydroxyl groups is 1. The minimum Gasteiger partial charge on any atom is -0.516 e. The molecule has 0 aliphatic heterocycles. The third-order valence-electron chi connectivity index (χ3n) is 1.10. The van der Waals surface area contributed by atoms with Crippen LogP contribution in [0.15, 0.2) is 23.2 Å². The molecule has 0 saturated heterocycles. The molecule has 3 heteroatoms. The number of rotatable bonds is 2. The molecule has 1 N–H and O–H groups in total. The lowest BCUT2D eigenvalue weighted by molar-refractivity contribution is 0.112. The normalized spacial score (nSPS) is 10.4. The van der Waals surface area contributed by atoms with Crippen LogP contribution in [0, 0.1) is 0 Å². The lowest BCUT2D eigenvalue weighted by Crippen LogP contribution is -1.76. The van der Waals surface area contributed by atoms with E-state index >= 15 is 0 Å². The summed E-state index contributed by atoms with van der Waals surface area (Å²) in [6.07, 6.45) is 5.61. The van der Waals surface area contributed by atoms with E-state index in [1.54, 1.807) is 0 Å². The molecule has 0 radical (unpaired) electrons. The monoisotopic (exact) mass is 138 g/mol. The predicted octanol–water partition coefficient (Wildman–Crippen LogP) is 1.62. The summed E-state index contributed by atoms with van der Waals surface area (Å²) in [5.74, 6) is 0. The van der Waals surface area contributed by atoms with E-state index in [0.717, 1.165) is 6.26 Å². The average molecular weight is 138 g/mol. The van der Waals surface area contributed by atoms with Gasteiger partial charge in [-0.15, -0.1) is 0 Å². The maximum Gasteiger partial charge on any atom is 0.153 e. The first-order valence-electron chi connectivity index (χ1n) is 2.70. The third-order valence-corrected chi connectivity index (χ3v) is 1.10. The second-order valence-corrected chi connectivity index (χ2v) is 1.72. The van der Waals surface area contributed by atoms with Crippen LogP contribution in [0.1, 0.15) is 15.9 Å². The van der Waals surface area contributed by atoms with E-state index in [1.807, 2.05) is 0 Å². The fraction of sp³-hybridized carbons (Fsp3) is 0. The second kappa shape index (κ2) is 2.87. The first-order valence-corrected chi connectivity index (χ1v) is 2.70. The van der Waals surface area contributed by atoms with Crippen molar-refractivity contribution in [2.24, 2.45) is 0 Å². The number of furan rings is 1. The molecule has 1 aromatic rings. The van der Waals surface area contributed by atoms with Crippen molar-refractivity contribution in [2.45, 2.75) is 0 Å². The van der Waals surface area contributed by atoms with Crippen molar-refractivity contribution >= 4 is 12.4 Å². The highest BCUT2D eigenvalue weighted by molar-refractivity contribution is 5.80. The Hall–Kier alpha value is -1.51. The van der Waals surface area contributed by atoms with Gasteiger partial charge in [-0.25, -0.2) is 0 Å². The molecule has 0 atom stereocenters. The summed E-state index contributed by atoms with van der Waals surface area (Å²) in [7, 11) is 0. The number of carbonyl (C=O) groups is 1. The molecule has 0 aromatic carbocycles. The topological polar surface area (TPSA) is 50.4 Å². The Bertz CT molecular complexity index is 247. The summed E-state index contributed by atoms with van der Waals surface area (Å²) in [5, 5.41) is 8.32. The van der Waals surface area contributed by atoms with Gasteiger partial charge in [0.1, 0.15) is 6.26 Å². The van der Waals surface area contributed by atoms with Crippen LogP contribution in [0.25, 0.3) is 6.08 Å². The number of aldehydes is 1. The van der Waals surface area contributed by atoms with E-state index in [-0.39, 0.29) is 0 Å². The molecule has 3 nitrogen and oxygen atoms in total. The summed E-state index contributed by atoms with van der Waals surface area (Å²) in [5.41, 5.74) is 1.02. The minimum absolute atomic E-state index is 0.435. The average Bonchev–Trinajstić information content (AvgIpc) is 2.36. The highest BCUT2D eigenvalue weighted by Crippen LogP contribution is 2.08. The summed E-state index contributed by atoms with van der Waals surface area (Å²) in [4.78, 5) is 10.2. The van der Waals surface area contributed by atoms with Crippen LogP contribution in [-0.2, 0) is 0 Å². The first kappa shape index (κ1) is 6.61. The SMILES string of the molecule is O=Cc1cocc1/C=C/O. The molecular formula is C7H6O3. The number of hydrogen-bond acceptors (Lipinski definition) is 3. The van der Waals surface area contributed by atoms with Crippen molar-refractivity contribution in [2.75, 3.05) is 0 Å². The van der Waals surface area contributed by atoms with Crippen LogP contribution in [0.4, 0.5) is 0 Å². The van der Waals surface area contributed by atoms with Gasteiger partial charge in [0.05, 0.1) is 18.1 Å². The Kier molecular flexibility index (Phi) is 1.89. The van der Waals surface area contributed by atoms with Crippen molar-refractivity contribution in [1.82, 2.24) is 0 Å². The summed E-state index contributed by atoms with van der Waals surface area (Å²) in [6.45, 7) is 0. The van der Waals surface area contributed by atoms with Gasteiger partial charge >= 0.3 is 0 Å². The maximum absolute atomic E-state index is 10.2. The molecule has 1 heterocycles. The lowest BCUT2D eigenvalue weighted by atomic mass is 10.2. The van der Waals surface area contributed by atoms with Crippen molar-refractivity contribution in [3.05, 3.63) is 29.9 Å². The standard InChI is InChI=1S/C7H6O3/c8-2-1-6-4-10-5-7(6)3-9/h1-5,8H/b2-1+. The van der Waals surface area contributed by atoms with Gasteiger partial charge < -0.3 is 9.52 Å². The van der Waals surface area contributed by atoms with Gasteiger partial charge in [-0.1, -0.05) is 0 Å². The molecule has 10 heavy (non-hydrogen) atoms. The Morgan fingerprint density at radius 3 is 2.70 bits per heavy atom. The van der Waals surface area contributed by atoms with Gasteiger partial charge in [0.15, 0.2) is 6.29 Å². The molecule has 52 valence electrons. The lowest BCUT2D eigenvalue weighted by Gasteiger charge is -1.81. The third kappa shape index (κ3) is 1.07. The summed E-state index contributed by atoms with van der Waals surface area (Å²) < 4.78 is 4.70. The molecular weight excluding hydrogens is 132 g/mol. The number of aliphatic hydroxyl groups excluding tert-OH is 1. The maximum atomic E-state index is 10.2. The van der Waals surface area contributed by atoms with E-state index in [2.05, 4.69) is 0 Å². The molecule has 0 spiro atoms. The zero-order valence-corrected chi connectivity index (χ0v) is 5.15. The Morgan fingerprint density at radius 2 is 2.10 bits per heavy atom. The Labute approximate surface area is 57.6 Å². The summed E-state index contributed by atoms with van der Waals surface area (Å²) >= 11 is 0. The van der Waals surface area contributed by atoms with Crippen molar-refractivity contribution < 1.29 is 14.3 Å². The highest BCUT2D eigenvalue weighted by Gasteiger charge is 1.98. The number of carbonyl (C=O) groups excluding carboxylic acids is 1. The summed E-state index contributed by atoms with van der Waals surface area (Å²) in [6, 6.07) is 0. The second-order valence-electron chi connectivity index (χ2n) is 1.72. The van der Waals surface area contributed by atoms with Crippen molar-refractivity contribution in [3.63, 3.8) is 0 Å². The fourth-order valence-corrected chi connectivity index (χ4v) is 0.628. The van der Waals surface area contributed by atoms with Crippen LogP contribution in [-0.4, -0.2) is 11.4 Å². The molecule has 0 bridgehead atoms. The van der Waals surface area contributed by atoms with E-state index in [1.165, 1.54) is 18.6 Å². The van der Waals surface area contributed by atoms with Crippen LogP contribution < -0.4 is 0 Å². The van der Waals surface area contributed by atoms with Crippen molar-refractivity contribution in [1.29, 1.82) is 0 Å². The molecule has 1 rings (SSSR count). The van der Waals surface area contributed by atoms with Crippen LogP contribution >= 0.6 is 0 Å². The smallest absolute Gasteiger partial charge is 0.153 e. The zero-order chi connectivity index (χ0) is 7.40. The quantitative estimate of drug-likeness (QED) is 0.499. The molecule has 0 fully saturated rings. The highest BCUT2D eigenvalue weighted by atomic mass is 16.3. The fourth-order valence-electron chi connectivity index (χ4n) is 0.628. The molecule has 0 saturated carbocycles. The van der Waals surface area contributed by atoms with Gasteiger partial charge in [0.25, 0.3) is 0 Å². The van der Waals surface area contributed by atoms with Gasteiger partial charge in [-0.3, -0.25) is 4.79 Å². The van der Waals surface area contributed by atoms with Crippen LogP contribution in [0.3, 0.4) is 0 Å². The van der Waals surface area contributed by atoms with Gasteiger partial charge in [-0.05, 0) is 6.08 Å². The van der Waals surface area contributed by atoms with Crippen LogP contribution in [0.2, 0.25) is 0 Å². The van der Waals surface area contributed by atoms with Crippen molar-refractivity contribution in [3.8, 4) is 0 Å². The van der Waals surface area contributed by atoms with E-state index in [0.29, 0.717) is 17.4 Å². The van der Waals surface area contributed by atoms with E-state index < -0.39 is 0 Å². The van der Waals surface area contributed by atoms with E-state index in [4.69, 9.17) is 9.52 Å². The largest absolute Gasteiger partial charge is 0.516 e. The first-order chi connectivity index (χ1) is 4.88. The van der Waals surface area contributed by atoms with Gasteiger partial charge in [-0.2, -0.15) is 0 Å². The zero-order valence-electron chi connectivity index (χ0n) is 5.15. The molecule has 0 aliphatic rings. The Morgan fingerprint density at radius 1 is 1.40 bits per heavy atom. The van der Waals surface area contributed by atoms with Crippen LogP contribution in [0.5, 0.6) is 0 Å². The molecule has 1 aromatic heterocycles. The molecule has 0 amide bonds. The molecule has 0 aliphatic carbocycles. The Balaban J connectivity index is 3.00. The minimum atomic E-state index is 0.435. The molecule has 0 unspecified atom stereocenters. The van der Waals surface area contributed by atoms with Gasteiger partial charge in [0.2, 0.25) is 0 Å².